The van der Waals surface area contributed by atoms with E-state index in [1.165, 1.54) is 48.2 Å². The van der Waals surface area contributed by atoms with Crippen molar-refractivity contribution < 1.29 is 31.2 Å². The number of amides is 2. The summed E-state index contributed by atoms with van der Waals surface area (Å²) in [5.41, 5.74) is -0.216. The molecule has 3 aromatic carbocycles. The zero-order valence-corrected chi connectivity index (χ0v) is 19.9. The number of rotatable bonds is 5. The molecule has 1 heterocycles. The molecule has 11 heteroatoms. The Bertz CT molecular complexity index is 1410. The summed E-state index contributed by atoms with van der Waals surface area (Å²) in [4.78, 5) is 25.2. The Morgan fingerprint density at radius 2 is 1.74 bits per heavy atom. The van der Waals surface area contributed by atoms with E-state index in [9.17, 15) is 31.2 Å². The molecule has 1 atom stereocenters. The highest BCUT2D eigenvalue weighted by atomic mass is 32.2. The van der Waals surface area contributed by atoms with Crippen molar-refractivity contribution >= 4 is 44.8 Å². The molecule has 0 spiro atoms. The van der Waals surface area contributed by atoms with Crippen LogP contribution in [0.15, 0.2) is 76.5 Å². The maximum absolute atomic E-state index is 13.2. The molecule has 1 unspecified atom stereocenters. The van der Waals surface area contributed by atoms with E-state index in [0.29, 0.717) is 16.9 Å². The Hall–Kier alpha value is -3.31. The van der Waals surface area contributed by atoms with Crippen LogP contribution in [0.25, 0.3) is 0 Å². The fraction of sp³-hybridized carbons (Fsp3) is 0.167. The Morgan fingerprint density at radius 1 is 1.06 bits per heavy atom. The molecule has 182 valence electrons. The number of carbonyl (C=O) groups excluding carboxylic acids is 2. The molecular formula is C24H19F3N2O4S2. The van der Waals surface area contributed by atoms with Gasteiger partial charge in [0.25, 0.3) is 5.91 Å². The minimum absolute atomic E-state index is 0.158. The van der Waals surface area contributed by atoms with E-state index in [0.717, 1.165) is 17.0 Å². The highest BCUT2D eigenvalue weighted by Gasteiger charge is 2.34. The number of alkyl halides is 3. The molecule has 4 rings (SSSR count). The maximum atomic E-state index is 13.2. The number of fused-ring (bicyclic) bond motifs is 1. The van der Waals surface area contributed by atoms with Crippen molar-refractivity contribution in [3.63, 3.8) is 0 Å². The van der Waals surface area contributed by atoms with Gasteiger partial charge in [-0.1, -0.05) is 18.2 Å². The van der Waals surface area contributed by atoms with Gasteiger partial charge >= 0.3 is 6.18 Å². The number of sulfone groups is 1. The van der Waals surface area contributed by atoms with Crippen LogP contribution in [0.5, 0.6) is 0 Å². The quantitative estimate of drug-likeness (QED) is 0.472. The molecule has 2 amide bonds. The average molecular weight is 521 g/mol. The standard InChI is InChI=1S/C24H19F3N2O4S2/c1-14-22(30)29-20-12-15(6-11-21(20)34-14)23(31)28-17-7-9-18(10-8-17)35(32,33)13-16-4-2-3-5-19(16)24(25,26)27/h2-12,14H,13H2,1H3,(H,28,31)(H,29,30). The van der Waals surface area contributed by atoms with E-state index >= 15 is 0 Å². The Morgan fingerprint density at radius 3 is 2.43 bits per heavy atom. The molecule has 0 saturated carbocycles. The molecule has 0 bridgehead atoms. The fourth-order valence-corrected chi connectivity index (χ4v) is 5.82. The lowest BCUT2D eigenvalue weighted by Crippen LogP contribution is -2.26. The van der Waals surface area contributed by atoms with Gasteiger partial charge in [0, 0.05) is 16.1 Å². The van der Waals surface area contributed by atoms with E-state index < -0.39 is 33.2 Å². The first kappa shape index (κ1) is 24.8. The van der Waals surface area contributed by atoms with Crippen LogP contribution < -0.4 is 10.6 Å². The normalized spacial score (nSPS) is 15.8. The lowest BCUT2D eigenvalue weighted by Gasteiger charge is -2.21. The molecule has 35 heavy (non-hydrogen) atoms. The van der Waals surface area contributed by atoms with Gasteiger partial charge in [-0.3, -0.25) is 9.59 Å². The zero-order chi connectivity index (χ0) is 25.4. The first-order valence-corrected chi connectivity index (χ1v) is 12.9. The number of carbonyl (C=O) groups is 2. The number of hydrogen-bond acceptors (Lipinski definition) is 5. The summed E-state index contributed by atoms with van der Waals surface area (Å²) >= 11 is 1.39. The Kier molecular flexibility index (Phi) is 6.65. The summed E-state index contributed by atoms with van der Waals surface area (Å²) in [5, 5.41) is 5.15. The lowest BCUT2D eigenvalue weighted by molar-refractivity contribution is -0.138. The second-order valence-electron chi connectivity index (χ2n) is 7.85. The van der Waals surface area contributed by atoms with E-state index in [1.807, 2.05) is 0 Å². The topological polar surface area (TPSA) is 92.3 Å². The third-order valence-corrected chi connectivity index (χ3v) is 8.17. The number of halogens is 3. The van der Waals surface area contributed by atoms with Gasteiger partial charge in [-0.05, 0) is 61.0 Å². The minimum Gasteiger partial charge on any atom is -0.324 e. The molecular weight excluding hydrogens is 501 g/mol. The van der Waals surface area contributed by atoms with Crippen LogP contribution in [-0.4, -0.2) is 25.5 Å². The van der Waals surface area contributed by atoms with Gasteiger partial charge in [0.05, 0.1) is 27.1 Å². The van der Waals surface area contributed by atoms with Crippen molar-refractivity contribution in [1.29, 1.82) is 0 Å². The average Bonchev–Trinajstić information content (AvgIpc) is 2.79. The van der Waals surface area contributed by atoms with Crippen molar-refractivity contribution in [3.05, 3.63) is 83.4 Å². The van der Waals surface area contributed by atoms with Crippen molar-refractivity contribution in [2.45, 2.75) is 33.9 Å². The number of nitrogens with one attached hydrogen (secondary N) is 2. The van der Waals surface area contributed by atoms with Crippen molar-refractivity contribution in [2.24, 2.45) is 0 Å². The molecule has 0 saturated heterocycles. The summed E-state index contributed by atoms with van der Waals surface area (Å²) in [6.07, 6.45) is -4.67. The lowest BCUT2D eigenvalue weighted by atomic mass is 10.1. The van der Waals surface area contributed by atoms with Crippen molar-refractivity contribution in [2.75, 3.05) is 10.6 Å². The molecule has 0 fully saturated rings. The summed E-state index contributed by atoms with van der Waals surface area (Å²) in [6, 6.07) is 14.6. The van der Waals surface area contributed by atoms with Gasteiger partial charge in [0.15, 0.2) is 9.84 Å². The van der Waals surface area contributed by atoms with Gasteiger partial charge in [-0.25, -0.2) is 8.42 Å². The van der Waals surface area contributed by atoms with Gasteiger partial charge in [-0.15, -0.1) is 11.8 Å². The molecule has 1 aliphatic rings. The Balaban J connectivity index is 1.48. The molecule has 3 aromatic rings. The minimum atomic E-state index is -4.67. The first-order valence-electron chi connectivity index (χ1n) is 10.3. The molecule has 2 N–H and O–H groups in total. The SMILES string of the molecule is CC1Sc2ccc(C(=O)Nc3ccc(S(=O)(=O)Cc4ccccc4C(F)(F)F)cc3)cc2NC1=O. The third kappa shape index (κ3) is 5.51. The molecule has 0 aromatic heterocycles. The fourth-order valence-electron chi connectivity index (χ4n) is 3.51. The van der Waals surface area contributed by atoms with E-state index in [2.05, 4.69) is 10.6 Å². The monoisotopic (exact) mass is 520 g/mol. The van der Waals surface area contributed by atoms with Gasteiger partial charge < -0.3 is 10.6 Å². The summed E-state index contributed by atoms with van der Waals surface area (Å²) in [5.74, 6) is -1.44. The van der Waals surface area contributed by atoms with Gasteiger partial charge in [0.1, 0.15) is 0 Å². The molecule has 0 radical (unpaired) electrons. The number of anilines is 2. The Labute approximate surface area is 203 Å². The van der Waals surface area contributed by atoms with Gasteiger partial charge in [-0.2, -0.15) is 13.2 Å². The number of benzene rings is 3. The predicted octanol–water partition coefficient (Wildman–Crippen LogP) is 5.36. The third-order valence-electron chi connectivity index (χ3n) is 5.31. The second-order valence-corrected chi connectivity index (χ2v) is 11.2. The first-order chi connectivity index (χ1) is 16.4. The number of thioether (sulfide) groups is 1. The van der Waals surface area contributed by atoms with Crippen LogP contribution in [0, 0.1) is 0 Å². The van der Waals surface area contributed by atoms with Crippen molar-refractivity contribution in [3.8, 4) is 0 Å². The highest BCUT2D eigenvalue weighted by Crippen LogP contribution is 2.36. The van der Waals surface area contributed by atoms with E-state index in [-0.39, 0.29) is 21.6 Å². The van der Waals surface area contributed by atoms with Crippen LogP contribution in [0.3, 0.4) is 0 Å². The molecule has 1 aliphatic heterocycles. The van der Waals surface area contributed by atoms with Crippen molar-refractivity contribution in [1.82, 2.24) is 0 Å². The summed E-state index contributed by atoms with van der Waals surface area (Å²) in [7, 11) is -4.07. The van der Waals surface area contributed by atoms with E-state index in [1.54, 1.807) is 25.1 Å². The van der Waals surface area contributed by atoms with E-state index in [4.69, 9.17) is 0 Å². The molecule has 6 nitrogen and oxygen atoms in total. The van der Waals surface area contributed by atoms with Gasteiger partial charge in [0.2, 0.25) is 5.91 Å². The molecule has 0 aliphatic carbocycles. The maximum Gasteiger partial charge on any atom is 0.416 e. The van der Waals surface area contributed by atoms with Crippen LogP contribution in [0.1, 0.15) is 28.4 Å². The summed E-state index contributed by atoms with van der Waals surface area (Å²) < 4.78 is 65.1. The predicted molar refractivity (Wildman–Crippen MR) is 127 cm³/mol. The highest BCUT2D eigenvalue weighted by molar-refractivity contribution is 8.01. The summed E-state index contributed by atoms with van der Waals surface area (Å²) in [6.45, 7) is 1.78. The van der Waals surface area contributed by atoms with Crippen LogP contribution >= 0.6 is 11.8 Å². The second kappa shape index (κ2) is 9.38. The number of hydrogen-bond donors (Lipinski definition) is 2. The smallest absolute Gasteiger partial charge is 0.324 e. The van der Waals surface area contributed by atoms with Crippen LogP contribution in [-0.2, 0) is 26.6 Å². The largest absolute Gasteiger partial charge is 0.416 e. The zero-order valence-electron chi connectivity index (χ0n) is 18.2. The van der Waals surface area contributed by atoms with Crippen LogP contribution in [0.4, 0.5) is 24.5 Å². The van der Waals surface area contributed by atoms with Crippen LogP contribution in [0.2, 0.25) is 0 Å².